The van der Waals surface area contributed by atoms with Crippen molar-refractivity contribution in [1.29, 1.82) is 0 Å². The number of benzene rings is 1. The van der Waals surface area contributed by atoms with Crippen molar-refractivity contribution in [2.75, 3.05) is 55.7 Å². The second-order valence-corrected chi connectivity index (χ2v) is 10.1. The Labute approximate surface area is 206 Å². The molecule has 35 heavy (non-hydrogen) atoms. The van der Waals surface area contributed by atoms with Crippen LogP contribution >= 0.6 is 0 Å². The summed E-state index contributed by atoms with van der Waals surface area (Å²) in [6, 6.07) is 9.12. The Bertz CT molecular complexity index is 1110. The summed E-state index contributed by atoms with van der Waals surface area (Å²) < 4.78 is 5.71. The second-order valence-electron chi connectivity index (χ2n) is 10.1. The molecule has 4 aliphatic heterocycles. The molecule has 9 heteroatoms. The number of rotatable bonds is 5. The van der Waals surface area contributed by atoms with Gasteiger partial charge in [0, 0.05) is 74.1 Å². The SMILES string of the molecule is CC1=NN(CC(=O)N2CCN(c3ccccc3-c3cnc(N4C[C@@H]5C[C@H]4CO5)nc3)CC2)C(C)C1. The zero-order chi connectivity index (χ0) is 23.9. The van der Waals surface area contributed by atoms with Gasteiger partial charge in [0.05, 0.1) is 24.8 Å². The van der Waals surface area contributed by atoms with Crippen LogP contribution in [-0.2, 0) is 9.53 Å². The van der Waals surface area contributed by atoms with E-state index in [4.69, 9.17) is 14.7 Å². The molecule has 3 saturated heterocycles. The van der Waals surface area contributed by atoms with Crippen molar-refractivity contribution in [3.8, 4) is 11.1 Å². The molecule has 0 aliphatic carbocycles. The largest absolute Gasteiger partial charge is 0.374 e. The molecule has 1 unspecified atom stereocenters. The molecule has 5 heterocycles. The summed E-state index contributed by atoms with van der Waals surface area (Å²) in [6.45, 7) is 9.21. The maximum Gasteiger partial charge on any atom is 0.243 e. The number of fused-ring (bicyclic) bond motifs is 2. The Hall–Kier alpha value is -3.20. The third-order valence-electron chi connectivity index (χ3n) is 7.68. The summed E-state index contributed by atoms with van der Waals surface area (Å²) in [6.07, 6.45) is 6.22. The van der Waals surface area contributed by atoms with Crippen molar-refractivity contribution in [3.63, 3.8) is 0 Å². The fourth-order valence-corrected chi connectivity index (χ4v) is 5.76. The molecule has 184 valence electrons. The second kappa shape index (κ2) is 9.11. The van der Waals surface area contributed by atoms with Crippen LogP contribution < -0.4 is 9.80 Å². The Balaban J connectivity index is 1.11. The van der Waals surface area contributed by atoms with Gasteiger partial charge in [0.25, 0.3) is 0 Å². The quantitative estimate of drug-likeness (QED) is 0.656. The van der Waals surface area contributed by atoms with Crippen LogP contribution in [0, 0.1) is 0 Å². The molecule has 0 radical (unpaired) electrons. The highest BCUT2D eigenvalue weighted by molar-refractivity contribution is 5.85. The minimum absolute atomic E-state index is 0.160. The summed E-state index contributed by atoms with van der Waals surface area (Å²) in [4.78, 5) is 28.9. The normalized spacial score (nSPS) is 26.0. The number of aromatic nitrogens is 2. The summed E-state index contributed by atoms with van der Waals surface area (Å²) >= 11 is 0. The molecular formula is C26H33N7O2. The molecule has 9 nitrogen and oxygen atoms in total. The number of piperazine rings is 1. The lowest BCUT2D eigenvalue weighted by Gasteiger charge is -2.37. The van der Waals surface area contributed by atoms with Gasteiger partial charge in [-0.3, -0.25) is 9.80 Å². The Morgan fingerprint density at radius 3 is 2.54 bits per heavy atom. The van der Waals surface area contributed by atoms with Gasteiger partial charge >= 0.3 is 0 Å². The number of hydrazone groups is 1. The zero-order valence-corrected chi connectivity index (χ0v) is 20.5. The molecule has 1 amide bonds. The summed E-state index contributed by atoms with van der Waals surface area (Å²) in [7, 11) is 0. The Kier molecular flexibility index (Phi) is 5.80. The number of hydrogen-bond acceptors (Lipinski definition) is 8. The zero-order valence-electron chi connectivity index (χ0n) is 20.5. The minimum Gasteiger partial charge on any atom is -0.374 e. The van der Waals surface area contributed by atoms with Crippen molar-refractivity contribution < 1.29 is 9.53 Å². The molecule has 2 bridgehead atoms. The molecule has 2 aromatic rings. The fraction of sp³-hybridized carbons (Fsp3) is 0.538. The van der Waals surface area contributed by atoms with Crippen molar-refractivity contribution in [3.05, 3.63) is 36.7 Å². The lowest BCUT2D eigenvalue weighted by atomic mass is 10.1. The van der Waals surface area contributed by atoms with Crippen LogP contribution in [-0.4, -0.2) is 95.6 Å². The van der Waals surface area contributed by atoms with E-state index in [0.717, 1.165) is 67.6 Å². The topological polar surface area (TPSA) is 77.4 Å². The van der Waals surface area contributed by atoms with E-state index in [1.807, 2.05) is 29.2 Å². The highest BCUT2D eigenvalue weighted by Crippen LogP contribution is 2.33. The first-order valence-electron chi connectivity index (χ1n) is 12.7. The van der Waals surface area contributed by atoms with Gasteiger partial charge in [-0.25, -0.2) is 9.97 Å². The smallest absolute Gasteiger partial charge is 0.243 e. The average molecular weight is 476 g/mol. The molecule has 3 atom stereocenters. The lowest BCUT2D eigenvalue weighted by molar-refractivity contribution is -0.133. The summed E-state index contributed by atoms with van der Waals surface area (Å²) in [5.74, 6) is 0.953. The number of morpholine rings is 1. The van der Waals surface area contributed by atoms with Gasteiger partial charge in [0.15, 0.2) is 0 Å². The number of nitrogens with zero attached hydrogens (tertiary/aromatic N) is 7. The third kappa shape index (κ3) is 4.33. The van der Waals surface area contributed by atoms with Gasteiger partial charge in [-0.05, 0) is 26.3 Å². The summed E-state index contributed by atoms with van der Waals surface area (Å²) in [5.41, 5.74) is 4.41. The van der Waals surface area contributed by atoms with Crippen LogP contribution in [0.25, 0.3) is 11.1 Å². The van der Waals surface area contributed by atoms with Crippen molar-refractivity contribution in [2.45, 2.75) is 44.9 Å². The number of amides is 1. The van der Waals surface area contributed by atoms with Crippen LogP contribution in [0.5, 0.6) is 0 Å². The first-order chi connectivity index (χ1) is 17.0. The van der Waals surface area contributed by atoms with Crippen molar-refractivity contribution in [1.82, 2.24) is 19.9 Å². The lowest BCUT2D eigenvalue weighted by Crippen LogP contribution is -2.51. The first-order valence-corrected chi connectivity index (χ1v) is 12.7. The molecular weight excluding hydrogens is 442 g/mol. The van der Waals surface area contributed by atoms with E-state index in [1.165, 1.54) is 0 Å². The van der Waals surface area contributed by atoms with Crippen LogP contribution in [0.1, 0.15) is 26.7 Å². The third-order valence-corrected chi connectivity index (χ3v) is 7.68. The van der Waals surface area contributed by atoms with E-state index in [0.29, 0.717) is 37.8 Å². The number of anilines is 2. The number of ether oxygens (including phenoxy) is 1. The predicted octanol–water partition coefficient (Wildman–Crippen LogP) is 2.24. The van der Waals surface area contributed by atoms with Gasteiger partial charge in [0.2, 0.25) is 11.9 Å². The Morgan fingerprint density at radius 2 is 1.89 bits per heavy atom. The number of carbonyl (C=O) groups excluding carboxylic acids is 1. The van der Waals surface area contributed by atoms with Crippen molar-refractivity contribution in [2.24, 2.45) is 5.10 Å². The fourth-order valence-electron chi connectivity index (χ4n) is 5.76. The van der Waals surface area contributed by atoms with E-state index >= 15 is 0 Å². The monoisotopic (exact) mass is 475 g/mol. The highest BCUT2D eigenvalue weighted by Gasteiger charge is 2.40. The van der Waals surface area contributed by atoms with Gasteiger partial charge in [-0.1, -0.05) is 18.2 Å². The number of hydrogen-bond donors (Lipinski definition) is 0. The van der Waals surface area contributed by atoms with Gasteiger partial charge in [0.1, 0.15) is 6.54 Å². The maximum atomic E-state index is 12.9. The Morgan fingerprint density at radius 1 is 1.11 bits per heavy atom. The molecule has 0 N–H and O–H groups in total. The number of para-hydroxylation sites is 1. The minimum atomic E-state index is 0.160. The van der Waals surface area contributed by atoms with E-state index in [9.17, 15) is 4.79 Å². The molecule has 3 fully saturated rings. The van der Waals surface area contributed by atoms with E-state index in [-0.39, 0.29) is 5.91 Å². The number of carbonyl (C=O) groups is 1. The molecule has 4 aliphatic rings. The molecule has 6 rings (SSSR count). The molecule has 1 aromatic carbocycles. The maximum absolute atomic E-state index is 12.9. The average Bonchev–Trinajstić information content (AvgIpc) is 3.60. The van der Waals surface area contributed by atoms with Gasteiger partial charge < -0.3 is 19.4 Å². The van der Waals surface area contributed by atoms with E-state index in [1.54, 1.807) is 0 Å². The van der Waals surface area contributed by atoms with Crippen LogP contribution in [0.3, 0.4) is 0 Å². The first kappa shape index (κ1) is 22.3. The standard InChI is InChI=1S/C26H33N7O2/c1-18-11-19(2)33(29-18)16-25(34)31-9-7-30(8-10-31)24-6-4-3-5-23(24)20-13-27-26(28-14-20)32-15-22-12-21(32)17-35-22/h3-6,13-14,19,21-22H,7-12,15-17H2,1-2H3/t19?,21-,22-/m0/s1. The predicted molar refractivity (Wildman–Crippen MR) is 136 cm³/mol. The van der Waals surface area contributed by atoms with E-state index < -0.39 is 0 Å². The van der Waals surface area contributed by atoms with E-state index in [2.05, 4.69) is 46.1 Å². The van der Waals surface area contributed by atoms with Gasteiger partial charge in [-0.15, -0.1) is 0 Å². The van der Waals surface area contributed by atoms with Crippen LogP contribution in [0.4, 0.5) is 11.6 Å². The van der Waals surface area contributed by atoms with Gasteiger partial charge in [-0.2, -0.15) is 5.10 Å². The van der Waals surface area contributed by atoms with Crippen molar-refractivity contribution >= 4 is 23.3 Å². The molecule has 0 saturated carbocycles. The van der Waals surface area contributed by atoms with Crippen LogP contribution in [0.2, 0.25) is 0 Å². The highest BCUT2D eigenvalue weighted by atomic mass is 16.5. The van der Waals surface area contributed by atoms with Crippen LogP contribution in [0.15, 0.2) is 41.8 Å². The molecule has 0 spiro atoms. The summed E-state index contributed by atoms with van der Waals surface area (Å²) in [5, 5.41) is 6.46. The molecule has 1 aromatic heterocycles.